The Bertz CT molecular complexity index is 594. The molecule has 130 valence electrons. The molecule has 0 aromatic heterocycles. The molecule has 0 aliphatic carbocycles. The van der Waals surface area contributed by atoms with Gasteiger partial charge in [-0.2, -0.15) is 0 Å². The standard InChI is InChI=1S/C19H27N3O2/c1-20-13-14-8-10-22(11-9-14)18(23)7-6-16-12-15-4-2-3-5-17(15)21-19(16)24/h2-5,14,16,20H,6-13H2,1H3,(H,21,24). The van der Waals surface area contributed by atoms with Crippen molar-refractivity contribution >= 4 is 17.5 Å². The molecule has 1 unspecified atom stereocenters. The maximum Gasteiger partial charge on any atom is 0.227 e. The number of amides is 2. The average Bonchev–Trinajstić information content (AvgIpc) is 2.60. The van der Waals surface area contributed by atoms with Crippen LogP contribution in [0.1, 0.15) is 31.2 Å². The highest BCUT2D eigenvalue weighted by molar-refractivity contribution is 5.96. The molecule has 1 saturated heterocycles. The van der Waals surface area contributed by atoms with E-state index >= 15 is 0 Å². The molecule has 0 radical (unpaired) electrons. The van der Waals surface area contributed by atoms with Gasteiger partial charge < -0.3 is 15.5 Å². The van der Waals surface area contributed by atoms with Gasteiger partial charge in [0.1, 0.15) is 0 Å². The highest BCUT2D eigenvalue weighted by atomic mass is 16.2. The number of piperidine rings is 1. The number of carbonyl (C=O) groups excluding carboxylic acids is 2. The highest BCUT2D eigenvalue weighted by Crippen LogP contribution is 2.28. The fourth-order valence-electron chi connectivity index (χ4n) is 3.78. The Balaban J connectivity index is 1.48. The van der Waals surface area contributed by atoms with Crippen LogP contribution in [0.2, 0.25) is 0 Å². The molecule has 1 aromatic rings. The summed E-state index contributed by atoms with van der Waals surface area (Å²) in [6, 6.07) is 7.91. The third-order valence-corrected chi connectivity index (χ3v) is 5.28. The number of benzene rings is 1. The first kappa shape index (κ1) is 17.0. The summed E-state index contributed by atoms with van der Waals surface area (Å²) in [5, 5.41) is 6.18. The summed E-state index contributed by atoms with van der Waals surface area (Å²) in [5.74, 6) is 0.837. The quantitative estimate of drug-likeness (QED) is 0.869. The predicted molar refractivity (Wildman–Crippen MR) is 94.7 cm³/mol. The van der Waals surface area contributed by atoms with E-state index in [1.165, 1.54) is 5.56 Å². The zero-order chi connectivity index (χ0) is 16.9. The molecule has 1 aromatic carbocycles. The van der Waals surface area contributed by atoms with Crippen molar-refractivity contribution in [2.45, 2.75) is 32.1 Å². The number of hydrogen-bond donors (Lipinski definition) is 2. The molecule has 1 atom stereocenters. The van der Waals surface area contributed by atoms with E-state index in [4.69, 9.17) is 0 Å². The van der Waals surface area contributed by atoms with E-state index < -0.39 is 0 Å². The summed E-state index contributed by atoms with van der Waals surface area (Å²) in [7, 11) is 1.98. The van der Waals surface area contributed by atoms with Crippen LogP contribution in [0.15, 0.2) is 24.3 Å². The van der Waals surface area contributed by atoms with E-state index in [-0.39, 0.29) is 17.7 Å². The van der Waals surface area contributed by atoms with Crippen molar-refractivity contribution in [3.8, 4) is 0 Å². The van der Waals surface area contributed by atoms with Crippen LogP contribution in [-0.2, 0) is 16.0 Å². The lowest BCUT2D eigenvalue weighted by atomic mass is 9.89. The molecule has 0 saturated carbocycles. The topological polar surface area (TPSA) is 61.4 Å². The van der Waals surface area contributed by atoms with Gasteiger partial charge in [-0.05, 0) is 56.8 Å². The van der Waals surface area contributed by atoms with E-state index in [1.54, 1.807) is 0 Å². The highest BCUT2D eigenvalue weighted by Gasteiger charge is 2.28. The van der Waals surface area contributed by atoms with Gasteiger partial charge in [-0.1, -0.05) is 18.2 Å². The van der Waals surface area contributed by atoms with E-state index in [0.29, 0.717) is 18.8 Å². The number of rotatable bonds is 5. The number of anilines is 1. The molecular formula is C19H27N3O2. The van der Waals surface area contributed by atoms with Gasteiger partial charge in [-0.15, -0.1) is 0 Å². The summed E-state index contributed by atoms with van der Waals surface area (Å²) in [4.78, 5) is 26.6. The minimum Gasteiger partial charge on any atom is -0.343 e. The van der Waals surface area contributed by atoms with Gasteiger partial charge in [0.2, 0.25) is 11.8 Å². The molecule has 0 spiro atoms. The molecule has 0 bridgehead atoms. The molecule has 2 N–H and O–H groups in total. The van der Waals surface area contributed by atoms with Crippen LogP contribution in [-0.4, -0.2) is 43.4 Å². The Morgan fingerprint density at radius 1 is 1.29 bits per heavy atom. The molecule has 2 heterocycles. The van der Waals surface area contributed by atoms with Crippen molar-refractivity contribution in [3.05, 3.63) is 29.8 Å². The summed E-state index contributed by atoms with van der Waals surface area (Å²) in [6.45, 7) is 2.74. The van der Waals surface area contributed by atoms with Crippen LogP contribution in [0.25, 0.3) is 0 Å². The van der Waals surface area contributed by atoms with Crippen LogP contribution >= 0.6 is 0 Å². The minimum absolute atomic E-state index is 0.0502. The van der Waals surface area contributed by atoms with Crippen LogP contribution < -0.4 is 10.6 Å². The van der Waals surface area contributed by atoms with Crippen LogP contribution in [0, 0.1) is 11.8 Å². The number of hydrogen-bond acceptors (Lipinski definition) is 3. The fraction of sp³-hybridized carbons (Fsp3) is 0.579. The third-order valence-electron chi connectivity index (χ3n) is 5.28. The summed E-state index contributed by atoms with van der Waals surface area (Å²) < 4.78 is 0. The van der Waals surface area contributed by atoms with Gasteiger partial charge in [0.05, 0.1) is 0 Å². The molecule has 1 fully saturated rings. The van der Waals surface area contributed by atoms with Gasteiger partial charge in [0, 0.05) is 31.1 Å². The Morgan fingerprint density at radius 2 is 2.04 bits per heavy atom. The molecule has 2 aliphatic rings. The first-order valence-corrected chi connectivity index (χ1v) is 8.98. The molecule has 2 aliphatic heterocycles. The normalized spacial score (nSPS) is 21.3. The smallest absolute Gasteiger partial charge is 0.227 e. The van der Waals surface area contributed by atoms with Gasteiger partial charge in [-0.3, -0.25) is 9.59 Å². The van der Waals surface area contributed by atoms with Crippen molar-refractivity contribution in [1.29, 1.82) is 0 Å². The van der Waals surface area contributed by atoms with Crippen LogP contribution in [0.5, 0.6) is 0 Å². The molecule has 2 amide bonds. The van der Waals surface area contributed by atoms with Crippen molar-refractivity contribution < 1.29 is 9.59 Å². The number of nitrogens with zero attached hydrogens (tertiary/aromatic N) is 1. The molecule has 5 nitrogen and oxygen atoms in total. The molecule has 24 heavy (non-hydrogen) atoms. The Labute approximate surface area is 143 Å². The number of likely N-dealkylation sites (tertiary alicyclic amines) is 1. The summed E-state index contributed by atoms with van der Waals surface area (Å²) >= 11 is 0. The lowest BCUT2D eigenvalue weighted by molar-refractivity contribution is -0.133. The van der Waals surface area contributed by atoms with E-state index in [2.05, 4.69) is 16.7 Å². The van der Waals surface area contributed by atoms with Crippen molar-refractivity contribution in [1.82, 2.24) is 10.2 Å². The minimum atomic E-state index is -0.0920. The van der Waals surface area contributed by atoms with Gasteiger partial charge in [0.15, 0.2) is 0 Å². The van der Waals surface area contributed by atoms with Gasteiger partial charge in [0.25, 0.3) is 0 Å². The van der Waals surface area contributed by atoms with E-state index in [0.717, 1.165) is 44.6 Å². The number of para-hydroxylation sites is 1. The average molecular weight is 329 g/mol. The number of nitrogens with one attached hydrogen (secondary N) is 2. The Hall–Kier alpha value is -1.88. The van der Waals surface area contributed by atoms with Crippen LogP contribution in [0.3, 0.4) is 0 Å². The molecular weight excluding hydrogens is 302 g/mol. The SMILES string of the molecule is CNCC1CCN(C(=O)CCC2Cc3ccccc3NC2=O)CC1. The third kappa shape index (κ3) is 3.96. The predicted octanol–water partition coefficient (Wildman–Crippen LogP) is 2.04. The second kappa shape index (κ2) is 7.79. The molecule has 3 rings (SSSR count). The van der Waals surface area contributed by atoms with E-state index in [9.17, 15) is 9.59 Å². The lowest BCUT2D eigenvalue weighted by Gasteiger charge is -2.32. The van der Waals surface area contributed by atoms with E-state index in [1.807, 2.05) is 30.1 Å². The van der Waals surface area contributed by atoms with Crippen molar-refractivity contribution in [2.75, 3.05) is 32.0 Å². The van der Waals surface area contributed by atoms with Gasteiger partial charge in [-0.25, -0.2) is 0 Å². The zero-order valence-electron chi connectivity index (χ0n) is 14.4. The summed E-state index contributed by atoms with van der Waals surface area (Å²) in [6.07, 6.45) is 3.99. The zero-order valence-corrected chi connectivity index (χ0v) is 14.4. The second-order valence-electron chi connectivity index (χ2n) is 6.97. The number of fused-ring (bicyclic) bond motifs is 1. The maximum atomic E-state index is 12.4. The Kier molecular flexibility index (Phi) is 5.51. The monoisotopic (exact) mass is 329 g/mol. The lowest BCUT2D eigenvalue weighted by Crippen LogP contribution is -2.41. The Morgan fingerprint density at radius 3 is 2.79 bits per heavy atom. The first-order valence-electron chi connectivity index (χ1n) is 8.98. The van der Waals surface area contributed by atoms with Gasteiger partial charge >= 0.3 is 0 Å². The van der Waals surface area contributed by atoms with Crippen molar-refractivity contribution in [2.24, 2.45) is 11.8 Å². The second-order valence-corrected chi connectivity index (χ2v) is 6.97. The first-order chi connectivity index (χ1) is 11.7. The number of carbonyl (C=O) groups is 2. The van der Waals surface area contributed by atoms with Crippen LogP contribution in [0.4, 0.5) is 5.69 Å². The fourth-order valence-corrected chi connectivity index (χ4v) is 3.78. The molecule has 5 heteroatoms. The summed E-state index contributed by atoms with van der Waals surface area (Å²) in [5.41, 5.74) is 2.08. The maximum absolute atomic E-state index is 12.4. The largest absolute Gasteiger partial charge is 0.343 e. The van der Waals surface area contributed by atoms with Crippen molar-refractivity contribution in [3.63, 3.8) is 0 Å².